The SMILES string of the molecule is COc1cc(CNC2CC2)ccc1N(C)C1CCN(C)CC1. The molecule has 4 nitrogen and oxygen atoms in total. The van der Waals surface area contributed by atoms with E-state index in [2.05, 4.69) is 47.4 Å². The van der Waals surface area contributed by atoms with Gasteiger partial charge in [-0.2, -0.15) is 0 Å². The van der Waals surface area contributed by atoms with E-state index in [1.165, 1.54) is 50.0 Å². The highest BCUT2D eigenvalue weighted by molar-refractivity contribution is 5.60. The molecule has 0 spiro atoms. The molecule has 0 bridgehead atoms. The molecule has 4 heteroatoms. The summed E-state index contributed by atoms with van der Waals surface area (Å²) in [4.78, 5) is 4.82. The maximum atomic E-state index is 5.66. The molecule has 0 unspecified atom stereocenters. The summed E-state index contributed by atoms with van der Waals surface area (Å²) < 4.78 is 5.66. The van der Waals surface area contributed by atoms with E-state index in [0.29, 0.717) is 6.04 Å². The van der Waals surface area contributed by atoms with Gasteiger partial charge in [0.1, 0.15) is 5.75 Å². The van der Waals surface area contributed by atoms with Crippen LogP contribution in [0.5, 0.6) is 5.75 Å². The fraction of sp³-hybridized carbons (Fsp3) is 0.667. The fourth-order valence-corrected chi connectivity index (χ4v) is 3.25. The number of nitrogens with zero attached hydrogens (tertiary/aromatic N) is 2. The van der Waals surface area contributed by atoms with Gasteiger partial charge in [0.2, 0.25) is 0 Å². The lowest BCUT2D eigenvalue weighted by Gasteiger charge is -2.37. The third kappa shape index (κ3) is 3.73. The van der Waals surface area contributed by atoms with Crippen LogP contribution in [-0.2, 0) is 6.54 Å². The Balaban J connectivity index is 1.68. The highest BCUT2D eigenvalue weighted by Crippen LogP contribution is 2.32. The molecule has 0 radical (unpaired) electrons. The average molecular weight is 303 g/mol. The lowest BCUT2D eigenvalue weighted by atomic mass is 10.0. The van der Waals surface area contributed by atoms with Crippen molar-refractivity contribution in [2.45, 2.75) is 44.3 Å². The molecule has 0 aromatic heterocycles. The number of hydrogen-bond acceptors (Lipinski definition) is 4. The van der Waals surface area contributed by atoms with Crippen molar-refractivity contribution in [3.8, 4) is 5.75 Å². The van der Waals surface area contributed by atoms with Crippen molar-refractivity contribution < 1.29 is 4.74 Å². The van der Waals surface area contributed by atoms with Crippen molar-refractivity contribution in [3.05, 3.63) is 23.8 Å². The van der Waals surface area contributed by atoms with Crippen molar-refractivity contribution in [3.63, 3.8) is 0 Å². The minimum absolute atomic E-state index is 0.612. The second kappa shape index (κ2) is 6.88. The number of ether oxygens (including phenoxy) is 1. The van der Waals surface area contributed by atoms with Gasteiger partial charge in [-0.3, -0.25) is 0 Å². The Morgan fingerprint density at radius 3 is 2.59 bits per heavy atom. The monoisotopic (exact) mass is 303 g/mol. The Hall–Kier alpha value is -1.26. The number of anilines is 1. The molecule has 1 aromatic rings. The van der Waals surface area contributed by atoms with E-state index in [1.54, 1.807) is 7.11 Å². The number of hydrogen-bond donors (Lipinski definition) is 1. The lowest BCUT2D eigenvalue weighted by Crippen LogP contribution is -2.42. The first-order valence-electron chi connectivity index (χ1n) is 8.49. The Bertz CT molecular complexity index is 493. The summed E-state index contributed by atoms with van der Waals surface area (Å²) in [6, 6.07) is 8.00. The third-order valence-electron chi connectivity index (χ3n) is 5.03. The van der Waals surface area contributed by atoms with Crippen LogP contribution in [0.3, 0.4) is 0 Å². The normalized spacial score (nSPS) is 20.1. The van der Waals surface area contributed by atoms with Gasteiger partial charge < -0.3 is 19.9 Å². The van der Waals surface area contributed by atoms with Crippen LogP contribution in [0.1, 0.15) is 31.2 Å². The Morgan fingerprint density at radius 1 is 1.23 bits per heavy atom. The first-order chi connectivity index (χ1) is 10.7. The van der Waals surface area contributed by atoms with Crippen molar-refractivity contribution in [1.82, 2.24) is 10.2 Å². The largest absolute Gasteiger partial charge is 0.495 e. The zero-order valence-corrected chi connectivity index (χ0v) is 14.1. The summed E-state index contributed by atoms with van der Waals surface area (Å²) in [5, 5.41) is 3.57. The zero-order valence-electron chi connectivity index (χ0n) is 14.1. The molecular weight excluding hydrogens is 274 g/mol. The van der Waals surface area contributed by atoms with E-state index >= 15 is 0 Å². The van der Waals surface area contributed by atoms with Crippen LogP contribution in [0.4, 0.5) is 5.69 Å². The van der Waals surface area contributed by atoms with E-state index in [1.807, 2.05) is 0 Å². The van der Waals surface area contributed by atoms with Gasteiger partial charge >= 0.3 is 0 Å². The van der Waals surface area contributed by atoms with E-state index < -0.39 is 0 Å². The van der Waals surface area contributed by atoms with Crippen LogP contribution in [0.25, 0.3) is 0 Å². The fourth-order valence-electron chi connectivity index (χ4n) is 3.25. The first-order valence-corrected chi connectivity index (χ1v) is 8.49. The lowest BCUT2D eigenvalue weighted by molar-refractivity contribution is 0.252. The van der Waals surface area contributed by atoms with Gasteiger partial charge in [0.15, 0.2) is 0 Å². The predicted molar refractivity (Wildman–Crippen MR) is 91.8 cm³/mol. The first kappa shape index (κ1) is 15.6. The molecule has 2 fully saturated rings. The van der Waals surface area contributed by atoms with E-state index in [0.717, 1.165) is 18.3 Å². The molecule has 1 heterocycles. The van der Waals surface area contributed by atoms with E-state index in [4.69, 9.17) is 4.74 Å². The summed E-state index contributed by atoms with van der Waals surface area (Å²) >= 11 is 0. The van der Waals surface area contributed by atoms with Gasteiger partial charge in [-0.1, -0.05) is 6.07 Å². The topological polar surface area (TPSA) is 27.7 Å². The third-order valence-corrected chi connectivity index (χ3v) is 5.03. The van der Waals surface area contributed by atoms with E-state index in [9.17, 15) is 0 Å². The molecule has 1 saturated carbocycles. The van der Waals surface area contributed by atoms with Gasteiger partial charge in [0, 0.05) is 25.7 Å². The van der Waals surface area contributed by atoms with E-state index in [-0.39, 0.29) is 0 Å². The summed E-state index contributed by atoms with van der Waals surface area (Å²) in [7, 11) is 6.19. The van der Waals surface area contributed by atoms with Gasteiger partial charge in [0.25, 0.3) is 0 Å². The summed E-state index contributed by atoms with van der Waals surface area (Å²) in [5.41, 5.74) is 2.52. The summed E-state index contributed by atoms with van der Waals surface area (Å²) in [5.74, 6) is 0.997. The highest BCUT2D eigenvalue weighted by atomic mass is 16.5. The maximum Gasteiger partial charge on any atom is 0.142 e. The average Bonchev–Trinajstić information content (AvgIpc) is 3.37. The standard InChI is InChI=1S/C18H29N3O/c1-20-10-8-16(9-11-20)21(2)17-7-4-14(12-18(17)22-3)13-19-15-5-6-15/h4,7,12,15-16,19H,5-6,8-11,13H2,1-3H3. The second-order valence-corrected chi connectivity index (χ2v) is 6.81. The number of piperidine rings is 1. The Labute approximate surface area is 134 Å². The molecule has 2 aliphatic rings. The molecule has 0 atom stereocenters. The predicted octanol–water partition coefficient (Wildman–Crippen LogP) is 2.48. The van der Waals surface area contributed by atoms with Gasteiger partial charge in [-0.25, -0.2) is 0 Å². The van der Waals surface area contributed by atoms with Crippen LogP contribution in [0.2, 0.25) is 0 Å². The van der Waals surface area contributed by atoms with Crippen LogP contribution in [-0.4, -0.2) is 51.3 Å². The molecule has 1 N–H and O–H groups in total. The molecule has 1 aliphatic heterocycles. The maximum absolute atomic E-state index is 5.66. The van der Waals surface area contributed by atoms with Crippen LogP contribution in [0.15, 0.2) is 18.2 Å². The molecule has 1 aromatic carbocycles. The minimum Gasteiger partial charge on any atom is -0.495 e. The van der Waals surface area contributed by atoms with Gasteiger partial charge in [0.05, 0.1) is 12.8 Å². The second-order valence-electron chi connectivity index (χ2n) is 6.81. The number of methoxy groups -OCH3 is 1. The van der Waals surface area contributed by atoms with Crippen LogP contribution >= 0.6 is 0 Å². The minimum atomic E-state index is 0.612. The number of nitrogens with one attached hydrogen (secondary N) is 1. The summed E-state index contributed by atoms with van der Waals surface area (Å²) in [6.07, 6.45) is 5.10. The summed E-state index contributed by atoms with van der Waals surface area (Å²) in [6.45, 7) is 3.31. The van der Waals surface area contributed by atoms with Crippen LogP contribution < -0.4 is 15.0 Å². The molecular formula is C18H29N3O. The molecule has 122 valence electrons. The van der Waals surface area contributed by atoms with Crippen molar-refractivity contribution in [2.75, 3.05) is 39.2 Å². The molecule has 3 rings (SSSR count). The highest BCUT2D eigenvalue weighted by Gasteiger charge is 2.23. The number of rotatable bonds is 6. The molecule has 22 heavy (non-hydrogen) atoms. The Kier molecular flexibility index (Phi) is 4.89. The van der Waals surface area contributed by atoms with Gasteiger partial charge in [-0.15, -0.1) is 0 Å². The number of benzene rings is 1. The quantitative estimate of drug-likeness (QED) is 0.874. The van der Waals surface area contributed by atoms with Crippen molar-refractivity contribution in [1.29, 1.82) is 0 Å². The zero-order chi connectivity index (χ0) is 15.5. The molecule has 1 aliphatic carbocycles. The Morgan fingerprint density at radius 2 is 1.95 bits per heavy atom. The van der Waals surface area contributed by atoms with Gasteiger partial charge in [-0.05, 0) is 63.5 Å². The molecule has 0 amide bonds. The van der Waals surface area contributed by atoms with Crippen molar-refractivity contribution in [2.24, 2.45) is 0 Å². The molecule has 1 saturated heterocycles. The van der Waals surface area contributed by atoms with Crippen LogP contribution in [0, 0.1) is 0 Å². The van der Waals surface area contributed by atoms with Crippen molar-refractivity contribution >= 4 is 5.69 Å². The number of likely N-dealkylation sites (tertiary alicyclic amines) is 1. The smallest absolute Gasteiger partial charge is 0.142 e.